The topological polar surface area (TPSA) is 110 Å². The summed E-state index contributed by atoms with van der Waals surface area (Å²) in [5.41, 5.74) is -1.38. The number of nitrogens with one attached hydrogen (secondary N) is 2. The van der Waals surface area contributed by atoms with E-state index < -0.39 is 44.2 Å². The Kier molecular flexibility index (Phi) is 7.25. The molecule has 0 aliphatic rings. The van der Waals surface area contributed by atoms with Gasteiger partial charge in [0.1, 0.15) is 17.2 Å². The lowest BCUT2D eigenvalue weighted by Crippen LogP contribution is -2.27. The lowest BCUT2D eigenvalue weighted by atomic mass is 10.1. The maximum atomic E-state index is 14.6. The van der Waals surface area contributed by atoms with Crippen LogP contribution in [-0.2, 0) is 20.8 Å². The number of rotatable bonds is 5. The molecule has 0 spiro atoms. The number of hydrogen-bond acceptors (Lipinski definition) is 7. The van der Waals surface area contributed by atoms with E-state index in [-0.39, 0.29) is 28.3 Å². The number of nitrogens with zero attached hydrogens (tertiary/aromatic N) is 2. The minimum atomic E-state index is -4.55. The Balaban J connectivity index is 2.02. The molecule has 2 aromatic carbocycles. The van der Waals surface area contributed by atoms with Gasteiger partial charge in [-0.1, -0.05) is 12.1 Å². The molecule has 36 heavy (non-hydrogen) atoms. The van der Waals surface area contributed by atoms with E-state index in [9.17, 15) is 30.8 Å². The van der Waals surface area contributed by atoms with E-state index in [0.717, 1.165) is 42.8 Å². The minimum Gasteiger partial charge on any atom is -0.444 e. The number of ether oxygens (including phenoxy) is 1. The number of amides is 1. The van der Waals surface area contributed by atoms with Crippen LogP contribution in [-0.4, -0.2) is 36.3 Å². The van der Waals surface area contributed by atoms with Crippen molar-refractivity contribution in [2.45, 2.75) is 37.7 Å². The molecular weight excluding hydrogens is 504 g/mol. The van der Waals surface area contributed by atoms with Crippen molar-refractivity contribution >= 4 is 33.1 Å². The summed E-state index contributed by atoms with van der Waals surface area (Å²) in [4.78, 5) is 19.8. The number of hydrogen-bond donors (Lipinski definition) is 2. The second-order valence-corrected chi connectivity index (χ2v) is 10.6. The molecule has 1 amide bonds. The highest BCUT2D eigenvalue weighted by Gasteiger charge is 2.30. The Morgan fingerprint density at radius 3 is 2.22 bits per heavy atom. The van der Waals surface area contributed by atoms with Gasteiger partial charge in [0.25, 0.3) is 0 Å². The first kappa shape index (κ1) is 26.9. The fourth-order valence-electron chi connectivity index (χ4n) is 2.94. The van der Waals surface area contributed by atoms with Gasteiger partial charge in [0, 0.05) is 23.7 Å². The smallest absolute Gasteiger partial charge is 0.416 e. The van der Waals surface area contributed by atoms with Crippen LogP contribution in [0.2, 0.25) is 0 Å². The van der Waals surface area contributed by atoms with Crippen LogP contribution in [0.25, 0.3) is 11.1 Å². The predicted molar refractivity (Wildman–Crippen MR) is 125 cm³/mol. The van der Waals surface area contributed by atoms with Crippen LogP contribution in [0.3, 0.4) is 0 Å². The Hall–Kier alpha value is -3.74. The number of anilines is 3. The van der Waals surface area contributed by atoms with Gasteiger partial charge in [-0.3, -0.25) is 5.32 Å². The van der Waals surface area contributed by atoms with E-state index in [0.29, 0.717) is 0 Å². The molecule has 1 aromatic heterocycles. The average Bonchev–Trinajstić information content (AvgIpc) is 2.73. The Morgan fingerprint density at radius 1 is 1.03 bits per heavy atom. The van der Waals surface area contributed by atoms with Gasteiger partial charge in [-0.25, -0.2) is 27.6 Å². The van der Waals surface area contributed by atoms with Crippen molar-refractivity contribution in [1.29, 1.82) is 0 Å². The molecule has 0 fully saturated rings. The summed E-state index contributed by atoms with van der Waals surface area (Å²) in [7, 11) is -3.87. The third-order valence-electron chi connectivity index (χ3n) is 4.49. The number of sulfone groups is 1. The molecule has 192 valence electrons. The molecule has 0 saturated carbocycles. The van der Waals surface area contributed by atoms with Crippen LogP contribution in [0, 0.1) is 5.82 Å². The first-order valence-corrected chi connectivity index (χ1v) is 12.2. The maximum absolute atomic E-state index is 14.6. The molecule has 0 atom stereocenters. The Labute approximate surface area is 204 Å². The van der Waals surface area contributed by atoms with Gasteiger partial charge < -0.3 is 10.1 Å². The van der Waals surface area contributed by atoms with E-state index in [1.54, 1.807) is 20.8 Å². The fraction of sp³-hybridized carbons (Fsp3) is 0.261. The largest absolute Gasteiger partial charge is 0.444 e. The van der Waals surface area contributed by atoms with E-state index in [1.807, 2.05) is 0 Å². The number of carbonyl (C=O) groups excluding carboxylic acids is 1. The van der Waals surface area contributed by atoms with Gasteiger partial charge in [-0.05, 0) is 56.7 Å². The van der Waals surface area contributed by atoms with E-state index in [1.165, 1.54) is 12.1 Å². The first-order valence-electron chi connectivity index (χ1n) is 10.3. The highest BCUT2D eigenvalue weighted by atomic mass is 32.2. The molecule has 0 aliphatic heterocycles. The van der Waals surface area contributed by atoms with Gasteiger partial charge in [0.15, 0.2) is 0 Å². The number of benzene rings is 2. The molecule has 3 aromatic rings. The Bertz CT molecular complexity index is 1390. The molecule has 8 nitrogen and oxygen atoms in total. The summed E-state index contributed by atoms with van der Waals surface area (Å²) in [5, 5.41) is 4.53. The van der Waals surface area contributed by atoms with Gasteiger partial charge in [-0.2, -0.15) is 13.2 Å². The lowest BCUT2D eigenvalue weighted by molar-refractivity contribution is -0.137. The lowest BCUT2D eigenvalue weighted by Gasteiger charge is -2.20. The van der Waals surface area contributed by atoms with Crippen LogP contribution in [0.15, 0.2) is 53.8 Å². The SMILES string of the molecule is CC(C)(C)OC(=O)Nc1ccc(F)c(Nc2nc(S(C)(=O)=O)ncc2-c2ccc(C(F)(F)F)cc2)c1. The number of carbonyl (C=O) groups is 1. The highest BCUT2D eigenvalue weighted by molar-refractivity contribution is 7.90. The summed E-state index contributed by atoms with van der Waals surface area (Å²) >= 11 is 0. The summed E-state index contributed by atoms with van der Waals surface area (Å²) in [6, 6.07) is 7.55. The van der Waals surface area contributed by atoms with E-state index >= 15 is 0 Å². The maximum Gasteiger partial charge on any atom is 0.416 e. The van der Waals surface area contributed by atoms with Crippen molar-refractivity contribution < 1.29 is 35.5 Å². The van der Waals surface area contributed by atoms with Gasteiger partial charge in [0.05, 0.1) is 11.3 Å². The molecule has 3 rings (SSSR count). The number of aromatic nitrogens is 2. The van der Waals surface area contributed by atoms with Crippen molar-refractivity contribution in [2.24, 2.45) is 0 Å². The molecule has 0 aliphatic carbocycles. The first-order chi connectivity index (χ1) is 16.5. The zero-order valence-electron chi connectivity index (χ0n) is 19.6. The third-order valence-corrected chi connectivity index (χ3v) is 5.35. The minimum absolute atomic E-state index is 0.112. The monoisotopic (exact) mass is 526 g/mol. The van der Waals surface area contributed by atoms with Crippen LogP contribution in [0.4, 0.5) is 39.5 Å². The van der Waals surface area contributed by atoms with Crippen LogP contribution in [0.1, 0.15) is 26.3 Å². The molecule has 0 saturated heterocycles. The summed E-state index contributed by atoms with van der Waals surface area (Å²) < 4.78 is 82.6. The molecule has 0 radical (unpaired) electrons. The molecule has 1 heterocycles. The summed E-state index contributed by atoms with van der Waals surface area (Å²) in [6.45, 7) is 5.00. The van der Waals surface area contributed by atoms with Crippen molar-refractivity contribution in [2.75, 3.05) is 16.9 Å². The van der Waals surface area contributed by atoms with Gasteiger partial charge >= 0.3 is 12.3 Å². The van der Waals surface area contributed by atoms with E-state index in [2.05, 4.69) is 20.6 Å². The molecule has 2 N–H and O–H groups in total. The zero-order chi connectivity index (χ0) is 26.9. The average molecular weight is 527 g/mol. The van der Waals surface area contributed by atoms with E-state index in [4.69, 9.17) is 4.74 Å². The molecule has 13 heteroatoms. The molecule has 0 unspecified atom stereocenters. The second-order valence-electron chi connectivity index (χ2n) is 8.71. The summed E-state index contributed by atoms with van der Waals surface area (Å²) in [6.07, 6.45) is -3.36. The highest BCUT2D eigenvalue weighted by Crippen LogP contribution is 2.34. The predicted octanol–water partition coefficient (Wildman–Crippen LogP) is 5.80. The van der Waals surface area contributed by atoms with Crippen molar-refractivity contribution in [3.05, 3.63) is 60.0 Å². The van der Waals surface area contributed by atoms with Crippen LogP contribution in [0.5, 0.6) is 0 Å². The third kappa shape index (κ3) is 6.90. The standard InChI is InChI=1S/C23H22F4N4O4S/c1-22(2,3)35-21(32)29-15-9-10-17(24)18(11-15)30-19-16(12-28-20(31-19)36(4,33)34)13-5-7-14(8-6-13)23(25,26)27/h5-12H,1-4H3,(H,29,32)(H,28,30,31). The Morgan fingerprint density at radius 2 is 1.67 bits per heavy atom. The van der Waals surface area contributed by atoms with Crippen molar-refractivity contribution in [3.8, 4) is 11.1 Å². The number of alkyl halides is 3. The van der Waals surface area contributed by atoms with Gasteiger partial charge in [0.2, 0.25) is 15.0 Å². The van der Waals surface area contributed by atoms with Crippen molar-refractivity contribution in [1.82, 2.24) is 9.97 Å². The van der Waals surface area contributed by atoms with Gasteiger partial charge in [-0.15, -0.1) is 0 Å². The fourth-order valence-corrected chi connectivity index (χ4v) is 3.44. The molecular formula is C23H22F4N4O4S. The number of halogens is 4. The second kappa shape index (κ2) is 9.72. The molecule has 0 bridgehead atoms. The summed E-state index contributed by atoms with van der Waals surface area (Å²) in [5.74, 6) is -0.957. The van der Waals surface area contributed by atoms with Crippen LogP contribution >= 0.6 is 0 Å². The van der Waals surface area contributed by atoms with Crippen molar-refractivity contribution in [3.63, 3.8) is 0 Å². The van der Waals surface area contributed by atoms with Crippen LogP contribution < -0.4 is 10.6 Å². The zero-order valence-corrected chi connectivity index (χ0v) is 20.4. The quantitative estimate of drug-likeness (QED) is 0.320. The normalized spacial score (nSPS) is 12.2.